The lowest BCUT2D eigenvalue weighted by Gasteiger charge is -2.25. The van der Waals surface area contributed by atoms with Crippen molar-refractivity contribution in [3.05, 3.63) is 39.3 Å². The number of benzene rings is 1. The first-order valence-corrected chi connectivity index (χ1v) is 7.93. The molecule has 23 heavy (non-hydrogen) atoms. The number of carbonyl (C=O) groups excluding carboxylic acids is 1. The average molecular weight is 334 g/mol. The van der Waals surface area contributed by atoms with E-state index in [4.69, 9.17) is 0 Å². The maximum absolute atomic E-state index is 12.7. The topological polar surface area (TPSA) is 101 Å². The van der Waals surface area contributed by atoms with Crippen LogP contribution in [0.15, 0.2) is 24.3 Å². The number of hydrogen-bond donors (Lipinski definition) is 1. The molecule has 7 nitrogen and oxygen atoms in total. The minimum absolute atomic E-state index is 0.0341. The third-order valence-electron chi connectivity index (χ3n) is 3.87. The number of amides is 1. The number of carboxylic acids is 1. The Kier molecular flexibility index (Phi) is 3.77. The fourth-order valence-corrected chi connectivity index (χ4v) is 3.49. The number of fused-ring (bicyclic) bond motifs is 1. The van der Waals surface area contributed by atoms with E-state index in [0.29, 0.717) is 10.3 Å². The number of nitro groups is 1. The smallest absolute Gasteiger partial charge is 0.326 e. The van der Waals surface area contributed by atoms with E-state index in [9.17, 15) is 24.8 Å². The summed E-state index contributed by atoms with van der Waals surface area (Å²) in [6.45, 7) is 1.50. The number of rotatable bonds is 5. The van der Waals surface area contributed by atoms with Gasteiger partial charge in [0.05, 0.1) is 9.80 Å². The van der Waals surface area contributed by atoms with Gasteiger partial charge in [0.15, 0.2) is 0 Å². The minimum atomic E-state index is -1.04. The summed E-state index contributed by atoms with van der Waals surface area (Å²) in [7, 11) is 0. The third kappa shape index (κ3) is 2.89. The maximum Gasteiger partial charge on any atom is 0.326 e. The number of carbonyl (C=O) groups is 2. The number of nitrogens with zero attached hydrogens (tertiary/aromatic N) is 2. The Morgan fingerprint density at radius 1 is 1.39 bits per heavy atom. The van der Waals surface area contributed by atoms with E-state index in [1.165, 1.54) is 35.3 Å². The molecule has 3 rings (SSSR count). The van der Waals surface area contributed by atoms with Crippen molar-refractivity contribution in [3.63, 3.8) is 0 Å². The summed E-state index contributed by atoms with van der Waals surface area (Å²) in [4.78, 5) is 36.1. The molecule has 1 amide bonds. The monoisotopic (exact) mass is 334 g/mol. The molecule has 1 aliphatic carbocycles. The molecular weight excluding hydrogens is 320 g/mol. The maximum atomic E-state index is 12.7. The van der Waals surface area contributed by atoms with Gasteiger partial charge in [0.25, 0.3) is 11.6 Å². The van der Waals surface area contributed by atoms with E-state index in [-0.39, 0.29) is 17.6 Å². The predicted octanol–water partition coefficient (Wildman–Crippen LogP) is 2.89. The summed E-state index contributed by atoms with van der Waals surface area (Å²) < 4.78 is 0.762. The normalized spacial score (nSPS) is 15.3. The molecule has 8 heteroatoms. The van der Waals surface area contributed by atoms with E-state index in [0.717, 1.165) is 17.5 Å². The molecule has 0 bridgehead atoms. The van der Waals surface area contributed by atoms with Crippen molar-refractivity contribution in [1.29, 1.82) is 0 Å². The Hall–Kier alpha value is -2.48. The van der Waals surface area contributed by atoms with Crippen LogP contribution in [0.3, 0.4) is 0 Å². The highest BCUT2D eigenvalue weighted by atomic mass is 32.1. The highest BCUT2D eigenvalue weighted by Crippen LogP contribution is 2.34. The summed E-state index contributed by atoms with van der Waals surface area (Å²) in [5, 5.41) is 20.6. The molecule has 1 fully saturated rings. The largest absolute Gasteiger partial charge is 0.480 e. The van der Waals surface area contributed by atoms with Crippen LogP contribution in [0.25, 0.3) is 10.1 Å². The zero-order valence-electron chi connectivity index (χ0n) is 12.3. The fourth-order valence-electron chi connectivity index (χ4n) is 2.51. The second kappa shape index (κ2) is 5.62. The summed E-state index contributed by atoms with van der Waals surface area (Å²) in [5.41, 5.74) is -0.0350. The lowest BCUT2D eigenvalue weighted by atomic mass is 10.2. The zero-order valence-corrected chi connectivity index (χ0v) is 13.1. The van der Waals surface area contributed by atoms with Crippen molar-refractivity contribution in [2.45, 2.75) is 31.8 Å². The number of non-ortho nitro benzene ring substituents is 1. The first-order valence-electron chi connectivity index (χ1n) is 7.12. The summed E-state index contributed by atoms with van der Waals surface area (Å²) in [6, 6.07) is 5.09. The van der Waals surface area contributed by atoms with Crippen LogP contribution in [-0.2, 0) is 4.79 Å². The Bertz CT molecular complexity index is 811. The molecule has 120 valence electrons. The van der Waals surface area contributed by atoms with Gasteiger partial charge in [-0.25, -0.2) is 4.79 Å². The molecule has 1 N–H and O–H groups in total. The zero-order chi connectivity index (χ0) is 16.7. The highest BCUT2D eigenvalue weighted by molar-refractivity contribution is 7.20. The van der Waals surface area contributed by atoms with Crippen LogP contribution in [-0.4, -0.2) is 38.9 Å². The molecule has 2 aromatic rings. The van der Waals surface area contributed by atoms with E-state index >= 15 is 0 Å². The Labute approximate surface area is 135 Å². The van der Waals surface area contributed by atoms with E-state index in [1.54, 1.807) is 12.1 Å². The Morgan fingerprint density at radius 2 is 2.09 bits per heavy atom. The fraction of sp³-hybridized carbons (Fsp3) is 0.333. The Morgan fingerprint density at radius 3 is 2.65 bits per heavy atom. The van der Waals surface area contributed by atoms with Gasteiger partial charge in [-0.05, 0) is 31.9 Å². The lowest BCUT2D eigenvalue weighted by Crippen LogP contribution is -2.44. The van der Waals surface area contributed by atoms with Gasteiger partial charge in [0.2, 0.25) is 0 Å². The highest BCUT2D eigenvalue weighted by Gasteiger charge is 2.39. The number of nitro benzene ring substituents is 1. The Balaban J connectivity index is 1.96. The molecule has 1 heterocycles. The van der Waals surface area contributed by atoms with Crippen LogP contribution in [0.4, 0.5) is 5.69 Å². The number of thiophene rings is 1. The predicted molar refractivity (Wildman–Crippen MR) is 84.8 cm³/mol. The van der Waals surface area contributed by atoms with Crippen molar-refractivity contribution in [2.24, 2.45) is 0 Å². The molecule has 1 aromatic carbocycles. The van der Waals surface area contributed by atoms with E-state index in [1.807, 2.05) is 0 Å². The van der Waals surface area contributed by atoms with Crippen molar-refractivity contribution in [1.82, 2.24) is 4.90 Å². The second-order valence-corrected chi connectivity index (χ2v) is 6.63. The van der Waals surface area contributed by atoms with Crippen LogP contribution < -0.4 is 0 Å². The first kappa shape index (κ1) is 15.4. The van der Waals surface area contributed by atoms with Gasteiger partial charge in [-0.3, -0.25) is 14.9 Å². The van der Waals surface area contributed by atoms with E-state index in [2.05, 4.69) is 0 Å². The average Bonchev–Trinajstić information content (AvgIpc) is 3.23. The molecule has 1 aromatic heterocycles. The molecule has 0 spiro atoms. The van der Waals surface area contributed by atoms with Gasteiger partial charge < -0.3 is 10.0 Å². The standard InChI is InChI=1S/C15H14N2O5S/c1-8(15(19)20)16(10-2-3-10)14(18)13-7-9-6-11(17(21)22)4-5-12(9)23-13/h4-8,10H,2-3H2,1H3,(H,19,20). The van der Waals surface area contributed by atoms with Crippen molar-refractivity contribution >= 4 is 39.0 Å². The van der Waals surface area contributed by atoms with Crippen LogP contribution in [0.2, 0.25) is 0 Å². The molecular formula is C15H14N2O5S. The van der Waals surface area contributed by atoms with Gasteiger partial charge in [0.1, 0.15) is 6.04 Å². The lowest BCUT2D eigenvalue weighted by molar-refractivity contribution is -0.384. The van der Waals surface area contributed by atoms with Crippen molar-refractivity contribution in [3.8, 4) is 0 Å². The van der Waals surface area contributed by atoms with Gasteiger partial charge in [0, 0.05) is 28.3 Å². The van der Waals surface area contributed by atoms with Crippen molar-refractivity contribution in [2.75, 3.05) is 0 Å². The minimum Gasteiger partial charge on any atom is -0.480 e. The quantitative estimate of drug-likeness (QED) is 0.669. The van der Waals surface area contributed by atoms with Gasteiger partial charge >= 0.3 is 5.97 Å². The molecule has 0 radical (unpaired) electrons. The summed E-state index contributed by atoms with van der Waals surface area (Å²) in [5.74, 6) is -1.37. The first-order chi connectivity index (χ1) is 10.9. The number of aliphatic carboxylic acids is 1. The van der Waals surface area contributed by atoms with Crippen molar-refractivity contribution < 1.29 is 19.6 Å². The van der Waals surface area contributed by atoms with Gasteiger partial charge in [-0.1, -0.05) is 0 Å². The number of hydrogen-bond acceptors (Lipinski definition) is 5. The summed E-state index contributed by atoms with van der Waals surface area (Å²) in [6.07, 6.45) is 1.61. The molecule has 0 aliphatic heterocycles. The molecule has 1 unspecified atom stereocenters. The number of carboxylic acid groups (broad SMARTS) is 1. The summed E-state index contributed by atoms with van der Waals surface area (Å²) >= 11 is 1.22. The molecule has 1 saturated carbocycles. The van der Waals surface area contributed by atoms with Crippen LogP contribution in [0.1, 0.15) is 29.4 Å². The SMILES string of the molecule is CC(C(=O)O)N(C(=O)c1cc2cc([N+](=O)[O-])ccc2s1)C1CC1. The molecule has 1 aliphatic rings. The second-order valence-electron chi connectivity index (χ2n) is 5.55. The van der Waals surface area contributed by atoms with Crippen LogP contribution in [0.5, 0.6) is 0 Å². The van der Waals surface area contributed by atoms with Gasteiger partial charge in [-0.2, -0.15) is 0 Å². The van der Waals surface area contributed by atoms with Gasteiger partial charge in [-0.15, -0.1) is 11.3 Å². The van der Waals surface area contributed by atoms with Crippen LogP contribution in [0, 0.1) is 10.1 Å². The van der Waals surface area contributed by atoms with Crippen LogP contribution >= 0.6 is 11.3 Å². The molecule has 0 saturated heterocycles. The molecule has 1 atom stereocenters. The third-order valence-corrected chi connectivity index (χ3v) is 4.97. The van der Waals surface area contributed by atoms with E-state index < -0.39 is 16.9 Å².